The lowest BCUT2D eigenvalue weighted by molar-refractivity contribution is -0.123. The summed E-state index contributed by atoms with van der Waals surface area (Å²) in [5.41, 5.74) is 5.23. The number of carbonyl (C=O) groups excluding carboxylic acids is 1. The molecule has 1 amide bonds. The normalized spacial score (nSPS) is 16.4. The average molecular weight is 261 g/mol. The van der Waals surface area contributed by atoms with Crippen LogP contribution in [0.3, 0.4) is 0 Å². The summed E-state index contributed by atoms with van der Waals surface area (Å²) in [7, 11) is 0. The molecular formula is C11H17ClN2OS. The first-order valence-corrected chi connectivity index (χ1v) is 6.10. The number of nitrogens with one attached hydrogen (secondary N) is 1. The van der Waals surface area contributed by atoms with E-state index in [2.05, 4.69) is 24.4 Å². The molecule has 1 heterocycles. The molecule has 0 atom stereocenters. The second kappa shape index (κ2) is 5.17. The predicted octanol–water partition coefficient (Wildman–Crippen LogP) is 1.84. The Morgan fingerprint density at radius 3 is 2.62 bits per heavy atom. The van der Waals surface area contributed by atoms with Crippen LogP contribution in [0.4, 0.5) is 0 Å². The number of hydrogen-bond donors (Lipinski definition) is 2. The minimum Gasteiger partial charge on any atom is -0.350 e. The maximum absolute atomic E-state index is 11.5. The quantitative estimate of drug-likeness (QED) is 0.868. The van der Waals surface area contributed by atoms with Gasteiger partial charge in [0.1, 0.15) is 0 Å². The van der Waals surface area contributed by atoms with E-state index in [0.29, 0.717) is 6.54 Å². The second-order valence-electron chi connectivity index (χ2n) is 4.06. The van der Waals surface area contributed by atoms with E-state index in [-0.39, 0.29) is 18.3 Å². The highest BCUT2D eigenvalue weighted by atomic mass is 35.5. The van der Waals surface area contributed by atoms with Gasteiger partial charge in [-0.1, -0.05) is 6.92 Å². The molecule has 90 valence electrons. The van der Waals surface area contributed by atoms with Crippen LogP contribution in [-0.4, -0.2) is 11.4 Å². The summed E-state index contributed by atoms with van der Waals surface area (Å²) in [6.07, 6.45) is 2.70. The molecule has 16 heavy (non-hydrogen) atoms. The van der Waals surface area contributed by atoms with Crippen LogP contribution in [0.25, 0.3) is 0 Å². The molecule has 1 aliphatic rings. The molecule has 3 N–H and O–H groups in total. The van der Waals surface area contributed by atoms with Crippen molar-refractivity contribution in [3.05, 3.63) is 21.9 Å². The van der Waals surface area contributed by atoms with Crippen LogP contribution in [0.2, 0.25) is 0 Å². The van der Waals surface area contributed by atoms with Gasteiger partial charge in [-0.15, -0.1) is 23.7 Å². The fourth-order valence-corrected chi connectivity index (χ4v) is 2.31. The van der Waals surface area contributed by atoms with Crippen molar-refractivity contribution in [1.29, 1.82) is 0 Å². The molecule has 3 nitrogen and oxygen atoms in total. The lowest BCUT2D eigenvalue weighted by Gasteiger charge is -2.08. The van der Waals surface area contributed by atoms with E-state index in [1.165, 1.54) is 9.75 Å². The number of thiophene rings is 1. The minimum absolute atomic E-state index is 0. The molecule has 1 aromatic heterocycles. The first-order chi connectivity index (χ1) is 7.14. The van der Waals surface area contributed by atoms with E-state index in [1.807, 2.05) is 0 Å². The lowest BCUT2D eigenvalue weighted by Crippen LogP contribution is -2.42. The van der Waals surface area contributed by atoms with Crippen molar-refractivity contribution in [2.75, 3.05) is 0 Å². The molecule has 0 radical (unpaired) electrons. The Labute approximate surface area is 106 Å². The Hall–Kier alpha value is -0.580. The molecule has 0 bridgehead atoms. The summed E-state index contributed by atoms with van der Waals surface area (Å²) in [6, 6.07) is 4.18. The van der Waals surface area contributed by atoms with Crippen LogP contribution in [0, 0.1) is 0 Å². The van der Waals surface area contributed by atoms with E-state index in [0.717, 1.165) is 19.3 Å². The van der Waals surface area contributed by atoms with Gasteiger partial charge in [0.15, 0.2) is 0 Å². The van der Waals surface area contributed by atoms with Crippen molar-refractivity contribution in [1.82, 2.24) is 5.32 Å². The van der Waals surface area contributed by atoms with Crippen LogP contribution in [0.15, 0.2) is 12.1 Å². The van der Waals surface area contributed by atoms with Gasteiger partial charge in [-0.2, -0.15) is 0 Å². The van der Waals surface area contributed by atoms with Crippen LogP contribution >= 0.6 is 23.7 Å². The van der Waals surface area contributed by atoms with Crippen LogP contribution in [-0.2, 0) is 17.8 Å². The number of amides is 1. The van der Waals surface area contributed by atoms with Crippen LogP contribution in [0.5, 0.6) is 0 Å². The van der Waals surface area contributed by atoms with E-state index in [9.17, 15) is 4.79 Å². The molecule has 0 aromatic carbocycles. The number of aryl methyl sites for hydroxylation is 1. The van der Waals surface area contributed by atoms with Gasteiger partial charge in [-0.3, -0.25) is 4.79 Å². The summed E-state index contributed by atoms with van der Waals surface area (Å²) in [6.45, 7) is 2.75. The Balaban J connectivity index is 0.00000128. The van der Waals surface area contributed by atoms with Gasteiger partial charge in [0.05, 0.1) is 12.1 Å². The number of halogens is 1. The van der Waals surface area contributed by atoms with Crippen molar-refractivity contribution in [3.63, 3.8) is 0 Å². The first-order valence-electron chi connectivity index (χ1n) is 5.29. The maximum atomic E-state index is 11.5. The number of rotatable bonds is 4. The third kappa shape index (κ3) is 2.97. The van der Waals surface area contributed by atoms with E-state index in [4.69, 9.17) is 5.73 Å². The van der Waals surface area contributed by atoms with Crippen molar-refractivity contribution in [3.8, 4) is 0 Å². The predicted molar refractivity (Wildman–Crippen MR) is 68.9 cm³/mol. The molecule has 1 aliphatic carbocycles. The molecule has 1 saturated carbocycles. The molecule has 1 aromatic rings. The van der Waals surface area contributed by atoms with Gasteiger partial charge in [0.25, 0.3) is 0 Å². The van der Waals surface area contributed by atoms with Crippen molar-refractivity contribution in [2.45, 2.75) is 38.3 Å². The highest BCUT2D eigenvalue weighted by Crippen LogP contribution is 2.32. The molecular weight excluding hydrogens is 244 g/mol. The summed E-state index contributed by atoms with van der Waals surface area (Å²) < 4.78 is 0. The Kier molecular flexibility index (Phi) is 4.35. The molecule has 0 aliphatic heterocycles. The third-order valence-electron chi connectivity index (χ3n) is 2.73. The molecule has 0 saturated heterocycles. The van der Waals surface area contributed by atoms with Gasteiger partial charge >= 0.3 is 0 Å². The zero-order valence-electron chi connectivity index (χ0n) is 9.29. The Morgan fingerprint density at radius 2 is 2.12 bits per heavy atom. The fourth-order valence-electron chi connectivity index (χ4n) is 1.41. The lowest BCUT2D eigenvalue weighted by atomic mass is 10.3. The number of carbonyl (C=O) groups is 1. The van der Waals surface area contributed by atoms with Crippen molar-refractivity contribution in [2.24, 2.45) is 5.73 Å². The van der Waals surface area contributed by atoms with Gasteiger partial charge in [-0.25, -0.2) is 0 Å². The SMILES string of the molecule is CCc1ccc(CNC(=O)C2(N)CC2)s1.Cl. The monoisotopic (exact) mass is 260 g/mol. The van der Waals surface area contributed by atoms with Crippen molar-refractivity contribution < 1.29 is 4.79 Å². The average Bonchev–Trinajstić information content (AvgIpc) is 2.83. The van der Waals surface area contributed by atoms with Crippen LogP contribution < -0.4 is 11.1 Å². The standard InChI is InChI=1S/C11H16N2OS.ClH/c1-2-8-3-4-9(15-8)7-13-10(14)11(12)5-6-11;/h3-4H,2,5-7,12H2,1H3,(H,13,14);1H. The second-order valence-corrected chi connectivity index (χ2v) is 5.31. The minimum atomic E-state index is -0.551. The van der Waals surface area contributed by atoms with E-state index < -0.39 is 5.54 Å². The highest BCUT2D eigenvalue weighted by Gasteiger charge is 2.45. The molecule has 0 spiro atoms. The zero-order valence-corrected chi connectivity index (χ0v) is 10.9. The van der Waals surface area contributed by atoms with Crippen LogP contribution in [0.1, 0.15) is 29.5 Å². The molecule has 5 heteroatoms. The van der Waals surface area contributed by atoms with E-state index in [1.54, 1.807) is 11.3 Å². The summed E-state index contributed by atoms with van der Waals surface area (Å²) in [4.78, 5) is 14.1. The van der Waals surface area contributed by atoms with Gasteiger partial charge in [0.2, 0.25) is 5.91 Å². The summed E-state index contributed by atoms with van der Waals surface area (Å²) in [5.74, 6) is -0.00560. The van der Waals surface area contributed by atoms with Gasteiger partial charge < -0.3 is 11.1 Å². The number of nitrogens with two attached hydrogens (primary N) is 1. The third-order valence-corrected chi connectivity index (χ3v) is 3.96. The smallest absolute Gasteiger partial charge is 0.240 e. The van der Waals surface area contributed by atoms with Gasteiger partial charge in [0, 0.05) is 9.75 Å². The molecule has 0 unspecified atom stereocenters. The Morgan fingerprint density at radius 1 is 1.50 bits per heavy atom. The van der Waals surface area contributed by atoms with E-state index >= 15 is 0 Å². The highest BCUT2D eigenvalue weighted by molar-refractivity contribution is 7.11. The van der Waals surface area contributed by atoms with Crippen molar-refractivity contribution >= 4 is 29.7 Å². The number of hydrogen-bond acceptors (Lipinski definition) is 3. The summed E-state index contributed by atoms with van der Waals surface area (Å²) >= 11 is 1.75. The van der Waals surface area contributed by atoms with Gasteiger partial charge in [-0.05, 0) is 31.4 Å². The largest absolute Gasteiger partial charge is 0.350 e. The molecule has 1 fully saturated rings. The Bertz CT molecular complexity index is 374. The molecule has 2 rings (SSSR count). The maximum Gasteiger partial charge on any atom is 0.240 e. The topological polar surface area (TPSA) is 55.1 Å². The zero-order chi connectivity index (χ0) is 10.9. The fraction of sp³-hybridized carbons (Fsp3) is 0.545. The first kappa shape index (κ1) is 13.5. The summed E-state index contributed by atoms with van der Waals surface area (Å²) in [5, 5.41) is 2.89.